The lowest BCUT2D eigenvalue weighted by atomic mass is 9.93. The molecule has 2 aliphatic heterocycles. The van der Waals surface area contributed by atoms with Gasteiger partial charge in [0.1, 0.15) is 0 Å². The van der Waals surface area contributed by atoms with Gasteiger partial charge in [0.2, 0.25) is 5.91 Å². The lowest BCUT2D eigenvalue weighted by Gasteiger charge is -2.37. The van der Waals surface area contributed by atoms with E-state index in [0.29, 0.717) is 12.5 Å². The highest BCUT2D eigenvalue weighted by Crippen LogP contribution is 2.20. The zero-order valence-corrected chi connectivity index (χ0v) is 17.1. The number of hydrogen-bond acceptors (Lipinski definition) is 4. The molecule has 3 rings (SSSR count). The minimum Gasteiger partial charge on any atom is -0.339 e. The summed E-state index contributed by atoms with van der Waals surface area (Å²) in [5, 5.41) is 3.24. The van der Waals surface area contributed by atoms with Gasteiger partial charge in [-0.2, -0.15) is 0 Å². The number of likely N-dealkylation sites (tertiary alicyclic amines) is 1. The number of aryl methyl sites for hydroxylation is 1. The van der Waals surface area contributed by atoms with Gasteiger partial charge >= 0.3 is 0 Å². The molecule has 2 saturated heterocycles. The molecular formula is C22H36N4O. The van der Waals surface area contributed by atoms with E-state index in [-0.39, 0.29) is 0 Å². The zero-order chi connectivity index (χ0) is 19.1. The van der Waals surface area contributed by atoms with Gasteiger partial charge < -0.3 is 10.2 Å². The number of rotatable bonds is 7. The Kier molecular flexibility index (Phi) is 7.68. The van der Waals surface area contributed by atoms with E-state index >= 15 is 0 Å². The summed E-state index contributed by atoms with van der Waals surface area (Å²) in [5.74, 6) is 1.15. The van der Waals surface area contributed by atoms with Crippen LogP contribution in [0, 0.1) is 12.8 Å². The van der Waals surface area contributed by atoms with Gasteiger partial charge in [-0.25, -0.2) is 0 Å². The van der Waals surface area contributed by atoms with E-state index < -0.39 is 0 Å². The number of carbonyl (C=O) groups excluding carboxylic acids is 1. The van der Waals surface area contributed by atoms with Crippen LogP contribution in [0.2, 0.25) is 0 Å². The Morgan fingerprint density at radius 1 is 1.07 bits per heavy atom. The Labute approximate surface area is 164 Å². The molecule has 0 unspecified atom stereocenters. The summed E-state index contributed by atoms with van der Waals surface area (Å²) in [6.45, 7) is 10.7. The molecule has 27 heavy (non-hydrogen) atoms. The fourth-order valence-corrected chi connectivity index (χ4v) is 4.30. The van der Waals surface area contributed by atoms with E-state index in [0.717, 1.165) is 58.3 Å². The number of nitrogens with one attached hydrogen (secondary N) is 1. The Hall–Kier alpha value is -1.43. The van der Waals surface area contributed by atoms with Gasteiger partial charge in [0.25, 0.3) is 0 Å². The van der Waals surface area contributed by atoms with E-state index in [9.17, 15) is 4.79 Å². The first-order chi connectivity index (χ1) is 13.1. The molecule has 0 aromatic heterocycles. The average Bonchev–Trinajstić information content (AvgIpc) is 2.68. The zero-order valence-electron chi connectivity index (χ0n) is 17.1. The quantitative estimate of drug-likeness (QED) is 0.794. The number of piperazine rings is 1. The van der Waals surface area contributed by atoms with Crippen LogP contribution in [0.25, 0.3) is 0 Å². The van der Waals surface area contributed by atoms with Crippen molar-refractivity contribution < 1.29 is 4.79 Å². The maximum Gasteiger partial charge on any atom is 0.236 e. The fourth-order valence-electron chi connectivity index (χ4n) is 4.30. The van der Waals surface area contributed by atoms with Crippen LogP contribution in [-0.2, 0) is 11.3 Å². The Balaban J connectivity index is 1.36. The summed E-state index contributed by atoms with van der Waals surface area (Å²) >= 11 is 0. The highest BCUT2D eigenvalue weighted by atomic mass is 16.2. The third kappa shape index (κ3) is 6.30. The maximum absolute atomic E-state index is 12.7. The lowest BCUT2D eigenvalue weighted by molar-refractivity contribution is -0.134. The van der Waals surface area contributed by atoms with Crippen LogP contribution in [0.4, 0.5) is 0 Å². The monoisotopic (exact) mass is 372 g/mol. The van der Waals surface area contributed by atoms with Crippen LogP contribution < -0.4 is 5.32 Å². The van der Waals surface area contributed by atoms with Gasteiger partial charge in [-0.3, -0.25) is 14.6 Å². The molecule has 0 aliphatic carbocycles. The minimum atomic E-state index is 0.318. The number of carbonyl (C=O) groups is 1. The molecule has 1 aromatic carbocycles. The van der Waals surface area contributed by atoms with Crippen LogP contribution in [0.3, 0.4) is 0 Å². The molecule has 1 aromatic rings. The van der Waals surface area contributed by atoms with Crippen molar-refractivity contribution in [3.8, 4) is 0 Å². The van der Waals surface area contributed by atoms with E-state index in [4.69, 9.17) is 0 Å². The van der Waals surface area contributed by atoms with Crippen LogP contribution >= 0.6 is 0 Å². The van der Waals surface area contributed by atoms with Gasteiger partial charge in [0.05, 0.1) is 6.54 Å². The Morgan fingerprint density at radius 3 is 2.48 bits per heavy atom. The molecule has 150 valence electrons. The van der Waals surface area contributed by atoms with Crippen molar-refractivity contribution in [2.45, 2.75) is 32.7 Å². The van der Waals surface area contributed by atoms with E-state index in [2.05, 4.69) is 51.2 Å². The lowest BCUT2D eigenvalue weighted by Crippen LogP contribution is -2.51. The topological polar surface area (TPSA) is 38.8 Å². The summed E-state index contributed by atoms with van der Waals surface area (Å²) in [7, 11) is 2.02. The molecule has 0 radical (unpaired) electrons. The second-order valence-electron chi connectivity index (χ2n) is 8.26. The van der Waals surface area contributed by atoms with Crippen molar-refractivity contribution in [3.63, 3.8) is 0 Å². The van der Waals surface area contributed by atoms with Gasteiger partial charge in [-0.1, -0.05) is 29.8 Å². The van der Waals surface area contributed by atoms with Crippen LogP contribution in [0.5, 0.6) is 0 Å². The molecule has 2 heterocycles. The number of amides is 1. The molecule has 1 amide bonds. The summed E-state index contributed by atoms with van der Waals surface area (Å²) in [4.78, 5) is 19.6. The van der Waals surface area contributed by atoms with Crippen molar-refractivity contribution >= 4 is 5.91 Å². The normalized spacial score (nSPS) is 20.1. The summed E-state index contributed by atoms with van der Waals surface area (Å²) < 4.78 is 0. The largest absolute Gasteiger partial charge is 0.339 e. The first kappa shape index (κ1) is 20.3. The van der Waals surface area contributed by atoms with Crippen molar-refractivity contribution in [1.82, 2.24) is 20.0 Å². The molecule has 2 aliphatic rings. The molecule has 0 bridgehead atoms. The predicted octanol–water partition coefficient (Wildman–Crippen LogP) is 1.96. The Bertz CT molecular complexity index is 590. The summed E-state index contributed by atoms with van der Waals surface area (Å²) in [6, 6.07) is 8.73. The average molecular weight is 373 g/mol. The van der Waals surface area contributed by atoms with Crippen molar-refractivity contribution in [2.24, 2.45) is 5.92 Å². The second kappa shape index (κ2) is 10.2. The van der Waals surface area contributed by atoms with Crippen LogP contribution in [0.15, 0.2) is 24.3 Å². The van der Waals surface area contributed by atoms with Gasteiger partial charge in [-0.15, -0.1) is 0 Å². The van der Waals surface area contributed by atoms with E-state index in [1.54, 1.807) is 0 Å². The maximum atomic E-state index is 12.7. The number of piperidine rings is 1. The fraction of sp³-hybridized carbons (Fsp3) is 0.682. The van der Waals surface area contributed by atoms with Crippen molar-refractivity contribution in [2.75, 3.05) is 59.4 Å². The smallest absolute Gasteiger partial charge is 0.236 e. The molecule has 2 fully saturated rings. The Morgan fingerprint density at radius 2 is 1.81 bits per heavy atom. The third-order valence-corrected chi connectivity index (χ3v) is 6.08. The second-order valence-corrected chi connectivity index (χ2v) is 8.26. The standard InChI is InChI=1S/C22H36N4O/c1-19-4-3-5-21(16-19)17-25-12-14-26(15-13-25)22(27)18-24-10-7-20(8-11-24)6-9-23-2/h3-5,16,20,23H,6-15,17-18H2,1-2H3. The molecule has 1 N–H and O–H groups in total. The summed E-state index contributed by atoms with van der Waals surface area (Å²) in [6.07, 6.45) is 3.74. The SMILES string of the molecule is CNCCC1CCN(CC(=O)N2CCN(Cc3cccc(C)c3)CC2)CC1. The highest BCUT2D eigenvalue weighted by molar-refractivity contribution is 5.78. The van der Waals surface area contributed by atoms with E-state index in [1.165, 1.54) is 30.4 Å². The molecule has 5 heteroatoms. The number of nitrogens with zero attached hydrogens (tertiary/aromatic N) is 3. The molecule has 0 spiro atoms. The molecular weight excluding hydrogens is 336 g/mol. The molecule has 0 atom stereocenters. The van der Waals surface area contributed by atoms with Crippen LogP contribution in [0.1, 0.15) is 30.4 Å². The highest BCUT2D eigenvalue weighted by Gasteiger charge is 2.25. The summed E-state index contributed by atoms with van der Waals surface area (Å²) in [5.41, 5.74) is 2.69. The van der Waals surface area contributed by atoms with Crippen LogP contribution in [-0.4, -0.2) is 80.0 Å². The molecule has 5 nitrogen and oxygen atoms in total. The number of hydrogen-bond donors (Lipinski definition) is 1. The van der Waals surface area contributed by atoms with E-state index in [1.807, 2.05) is 7.05 Å². The molecule has 0 saturated carbocycles. The number of benzene rings is 1. The van der Waals surface area contributed by atoms with Gasteiger partial charge in [0, 0.05) is 32.7 Å². The van der Waals surface area contributed by atoms with Gasteiger partial charge in [0.15, 0.2) is 0 Å². The minimum absolute atomic E-state index is 0.318. The third-order valence-electron chi connectivity index (χ3n) is 6.08. The van der Waals surface area contributed by atoms with Crippen molar-refractivity contribution in [3.05, 3.63) is 35.4 Å². The first-order valence-corrected chi connectivity index (χ1v) is 10.6. The van der Waals surface area contributed by atoms with Gasteiger partial charge in [-0.05, 0) is 64.3 Å². The van der Waals surface area contributed by atoms with Crippen molar-refractivity contribution in [1.29, 1.82) is 0 Å². The first-order valence-electron chi connectivity index (χ1n) is 10.6. The predicted molar refractivity (Wildman–Crippen MR) is 111 cm³/mol.